The number of carbonyl (C=O) groups is 1. The summed E-state index contributed by atoms with van der Waals surface area (Å²) >= 11 is 6.15. The fourth-order valence-electron chi connectivity index (χ4n) is 0.917. The molecule has 0 unspecified atom stereocenters. The van der Waals surface area contributed by atoms with Crippen LogP contribution in [-0.4, -0.2) is 12.6 Å². The summed E-state index contributed by atoms with van der Waals surface area (Å²) in [5.74, 6) is -1.04. The third kappa shape index (κ3) is 2.33. The number of rotatable bonds is 2. The van der Waals surface area contributed by atoms with Crippen LogP contribution in [0.25, 0.3) is 0 Å². The smallest absolute Gasteiger partial charge is 0.340 e. The van der Waals surface area contributed by atoms with Gasteiger partial charge in [-0.15, -0.1) is 0 Å². The number of carbonyl (C=O) groups excluding carboxylic acids is 1. The number of esters is 1. The molecule has 76 valence electrons. The SMILES string of the molecule is CCOC(=O)c1c(Br)ccc(F)c1Br. The molecule has 0 N–H and O–H groups in total. The van der Waals surface area contributed by atoms with Crippen molar-refractivity contribution in [2.75, 3.05) is 6.61 Å². The lowest BCUT2D eigenvalue weighted by atomic mass is 10.2. The highest BCUT2D eigenvalue weighted by molar-refractivity contribution is 9.11. The summed E-state index contributed by atoms with van der Waals surface area (Å²) in [5, 5.41) is 0. The topological polar surface area (TPSA) is 26.3 Å². The fourth-order valence-corrected chi connectivity index (χ4v) is 2.18. The Kier molecular flexibility index (Phi) is 4.07. The van der Waals surface area contributed by atoms with Gasteiger partial charge in [-0.3, -0.25) is 0 Å². The molecular formula is C9H7Br2FO2. The van der Waals surface area contributed by atoms with E-state index in [9.17, 15) is 9.18 Å². The summed E-state index contributed by atoms with van der Waals surface area (Å²) in [6.45, 7) is 1.95. The molecule has 5 heteroatoms. The van der Waals surface area contributed by atoms with E-state index in [0.29, 0.717) is 4.47 Å². The molecule has 1 aromatic carbocycles. The molecule has 0 aliphatic rings. The molecule has 14 heavy (non-hydrogen) atoms. The minimum atomic E-state index is -0.550. The van der Waals surface area contributed by atoms with Crippen molar-refractivity contribution in [1.29, 1.82) is 0 Å². The fraction of sp³-hybridized carbons (Fsp3) is 0.222. The number of hydrogen-bond acceptors (Lipinski definition) is 2. The standard InChI is InChI=1S/C9H7Br2FO2/c1-2-14-9(13)7-5(10)3-4-6(12)8(7)11/h3-4H,2H2,1H3. The maximum atomic E-state index is 13.1. The van der Waals surface area contributed by atoms with Crippen LogP contribution in [-0.2, 0) is 4.74 Å². The molecule has 0 aliphatic carbocycles. The summed E-state index contributed by atoms with van der Waals surface area (Å²) in [4.78, 5) is 11.4. The zero-order chi connectivity index (χ0) is 10.7. The molecule has 2 nitrogen and oxygen atoms in total. The Bertz CT molecular complexity index is 366. The van der Waals surface area contributed by atoms with Crippen molar-refractivity contribution >= 4 is 37.8 Å². The van der Waals surface area contributed by atoms with Gasteiger partial charge in [0, 0.05) is 4.47 Å². The van der Waals surface area contributed by atoms with E-state index in [1.54, 1.807) is 6.92 Å². The van der Waals surface area contributed by atoms with E-state index in [1.165, 1.54) is 12.1 Å². The molecule has 0 amide bonds. The first-order valence-electron chi connectivity index (χ1n) is 3.88. The number of ether oxygens (including phenoxy) is 1. The highest BCUT2D eigenvalue weighted by Crippen LogP contribution is 2.28. The molecule has 0 fully saturated rings. The van der Waals surface area contributed by atoms with Crippen LogP contribution in [0, 0.1) is 5.82 Å². The predicted molar refractivity (Wildman–Crippen MR) is 57.8 cm³/mol. The Hall–Kier alpha value is -0.420. The second kappa shape index (κ2) is 4.89. The van der Waals surface area contributed by atoms with Crippen LogP contribution in [0.15, 0.2) is 21.1 Å². The van der Waals surface area contributed by atoms with Crippen LogP contribution < -0.4 is 0 Å². The molecule has 0 spiro atoms. The summed E-state index contributed by atoms with van der Waals surface area (Å²) in [7, 11) is 0. The van der Waals surface area contributed by atoms with Crippen molar-refractivity contribution in [1.82, 2.24) is 0 Å². The molecule has 0 heterocycles. The minimum Gasteiger partial charge on any atom is -0.462 e. The first-order valence-corrected chi connectivity index (χ1v) is 5.47. The lowest BCUT2D eigenvalue weighted by molar-refractivity contribution is 0.0523. The number of hydrogen-bond donors (Lipinski definition) is 0. The number of halogens is 3. The van der Waals surface area contributed by atoms with Crippen LogP contribution >= 0.6 is 31.9 Å². The Morgan fingerprint density at radius 2 is 2.14 bits per heavy atom. The molecule has 1 aromatic rings. The maximum absolute atomic E-state index is 13.1. The van der Waals surface area contributed by atoms with Gasteiger partial charge in [-0.05, 0) is 50.9 Å². The van der Waals surface area contributed by atoms with E-state index in [0.717, 1.165) is 0 Å². The molecular weight excluding hydrogens is 319 g/mol. The second-order valence-corrected chi connectivity index (χ2v) is 4.09. The van der Waals surface area contributed by atoms with Crippen molar-refractivity contribution in [2.45, 2.75) is 6.92 Å². The van der Waals surface area contributed by atoms with E-state index >= 15 is 0 Å². The van der Waals surface area contributed by atoms with Gasteiger partial charge in [-0.25, -0.2) is 9.18 Å². The van der Waals surface area contributed by atoms with Gasteiger partial charge in [0.05, 0.1) is 16.6 Å². The molecule has 0 aliphatic heterocycles. The monoisotopic (exact) mass is 324 g/mol. The van der Waals surface area contributed by atoms with E-state index in [4.69, 9.17) is 4.74 Å². The van der Waals surface area contributed by atoms with Gasteiger partial charge in [0.2, 0.25) is 0 Å². The Morgan fingerprint density at radius 1 is 1.50 bits per heavy atom. The highest BCUT2D eigenvalue weighted by atomic mass is 79.9. The van der Waals surface area contributed by atoms with Gasteiger partial charge in [0.1, 0.15) is 5.82 Å². The van der Waals surface area contributed by atoms with Crippen LogP contribution in [0.1, 0.15) is 17.3 Å². The quantitative estimate of drug-likeness (QED) is 0.614. The van der Waals surface area contributed by atoms with E-state index in [-0.39, 0.29) is 16.6 Å². The molecule has 0 bridgehead atoms. The predicted octanol–water partition coefficient (Wildman–Crippen LogP) is 3.53. The van der Waals surface area contributed by atoms with Crippen molar-refractivity contribution in [3.8, 4) is 0 Å². The third-order valence-electron chi connectivity index (χ3n) is 1.52. The number of benzene rings is 1. The largest absolute Gasteiger partial charge is 0.462 e. The first kappa shape index (κ1) is 11.7. The van der Waals surface area contributed by atoms with Crippen molar-refractivity contribution < 1.29 is 13.9 Å². The van der Waals surface area contributed by atoms with Gasteiger partial charge in [-0.2, -0.15) is 0 Å². The zero-order valence-corrected chi connectivity index (χ0v) is 10.5. The van der Waals surface area contributed by atoms with Gasteiger partial charge >= 0.3 is 5.97 Å². The first-order chi connectivity index (χ1) is 6.57. The van der Waals surface area contributed by atoms with Gasteiger partial charge in [0.25, 0.3) is 0 Å². The summed E-state index contributed by atoms with van der Waals surface area (Å²) < 4.78 is 18.5. The van der Waals surface area contributed by atoms with Gasteiger partial charge in [-0.1, -0.05) is 0 Å². The average Bonchev–Trinajstić information content (AvgIpc) is 2.13. The van der Waals surface area contributed by atoms with Crippen LogP contribution in [0.3, 0.4) is 0 Å². The second-order valence-electron chi connectivity index (χ2n) is 2.44. The lowest BCUT2D eigenvalue weighted by Gasteiger charge is -2.06. The zero-order valence-electron chi connectivity index (χ0n) is 7.31. The van der Waals surface area contributed by atoms with Crippen LogP contribution in [0.5, 0.6) is 0 Å². The highest BCUT2D eigenvalue weighted by Gasteiger charge is 2.17. The van der Waals surface area contributed by atoms with Crippen LogP contribution in [0.4, 0.5) is 4.39 Å². The van der Waals surface area contributed by atoms with E-state index in [2.05, 4.69) is 31.9 Å². The Morgan fingerprint density at radius 3 is 2.71 bits per heavy atom. The summed E-state index contributed by atoms with van der Waals surface area (Å²) in [6.07, 6.45) is 0. The van der Waals surface area contributed by atoms with E-state index in [1.807, 2.05) is 0 Å². The van der Waals surface area contributed by atoms with E-state index < -0.39 is 11.8 Å². The summed E-state index contributed by atoms with van der Waals surface area (Å²) in [5.41, 5.74) is 0.173. The van der Waals surface area contributed by atoms with Crippen molar-refractivity contribution in [2.24, 2.45) is 0 Å². The van der Waals surface area contributed by atoms with Gasteiger partial charge in [0.15, 0.2) is 0 Å². The van der Waals surface area contributed by atoms with Gasteiger partial charge < -0.3 is 4.74 Å². The maximum Gasteiger partial charge on any atom is 0.340 e. The molecule has 0 atom stereocenters. The third-order valence-corrected chi connectivity index (χ3v) is 2.96. The molecule has 0 saturated carbocycles. The lowest BCUT2D eigenvalue weighted by Crippen LogP contribution is -2.07. The van der Waals surface area contributed by atoms with Crippen LogP contribution in [0.2, 0.25) is 0 Å². The Balaban J connectivity index is 3.18. The molecule has 0 radical (unpaired) electrons. The van der Waals surface area contributed by atoms with Crippen molar-refractivity contribution in [3.05, 3.63) is 32.5 Å². The molecule has 0 saturated heterocycles. The van der Waals surface area contributed by atoms with Crippen molar-refractivity contribution in [3.63, 3.8) is 0 Å². The minimum absolute atomic E-state index is 0.116. The Labute approximate surface area is 97.7 Å². The summed E-state index contributed by atoms with van der Waals surface area (Å²) in [6, 6.07) is 2.73. The molecule has 1 rings (SSSR count). The average molecular weight is 326 g/mol. The molecule has 0 aromatic heterocycles. The normalized spacial score (nSPS) is 10.0.